The highest BCUT2D eigenvalue weighted by atomic mass is 35.5. The first-order valence-electron chi connectivity index (χ1n) is 12.5. The lowest BCUT2D eigenvalue weighted by atomic mass is 9.76. The number of halogens is 1. The third-order valence-corrected chi connectivity index (χ3v) is 8.18. The number of methoxy groups -OCH3 is 1. The maximum absolute atomic E-state index is 14.0. The zero-order valence-corrected chi connectivity index (χ0v) is 22.6. The molecule has 2 amide bonds. The summed E-state index contributed by atoms with van der Waals surface area (Å²) >= 11 is 6.29. The summed E-state index contributed by atoms with van der Waals surface area (Å²) in [7, 11) is 1.24. The second kappa shape index (κ2) is 10.4. The van der Waals surface area contributed by atoms with Gasteiger partial charge in [0.1, 0.15) is 5.54 Å². The molecule has 4 atom stereocenters. The maximum Gasteiger partial charge on any atom is 0.337 e. The Kier molecular flexibility index (Phi) is 7.10. The number of nitro groups is 1. The highest BCUT2D eigenvalue weighted by Crippen LogP contribution is 2.51. The predicted molar refractivity (Wildman–Crippen MR) is 146 cm³/mol. The first-order chi connectivity index (χ1) is 19.5. The summed E-state index contributed by atoms with van der Waals surface area (Å²) < 4.78 is 4.75. The van der Waals surface area contributed by atoms with Crippen LogP contribution >= 0.6 is 11.6 Å². The predicted octanol–water partition coefficient (Wildman–Crippen LogP) is 3.86. The number of carboxylic acids is 1. The molecule has 4 unspecified atom stereocenters. The second-order valence-electron chi connectivity index (χ2n) is 10.1. The summed E-state index contributed by atoms with van der Waals surface area (Å²) in [5.74, 6) is -5.66. The van der Waals surface area contributed by atoms with E-state index in [1.807, 2.05) is 0 Å². The van der Waals surface area contributed by atoms with Gasteiger partial charge in [0, 0.05) is 29.6 Å². The quantitative estimate of drug-likeness (QED) is 0.184. The number of nitrogens with one attached hydrogen (secondary N) is 1. The lowest BCUT2D eigenvalue weighted by Gasteiger charge is -2.31. The van der Waals surface area contributed by atoms with Crippen LogP contribution in [0.25, 0.3) is 0 Å². The highest BCUT2D eigenvalue weighted by Gasteiger charge is 2.68. The Morgan fingerprint density at radius 1 is 1.07 bits per heavy atom. The molecule has 12 heteroatoms. The molecule has 0 aliphatic carbocycles. The Bertz CT molecular complexity index is 1590. The third kappa shape index (κ3) is 4.62. The molecule has 2 heterocycles. The minimum atomic E-state index is -1.94. The van der Waals surface area contributed by atoms with Crippen LogP contribution in [0.5, 0.6) is 0 Å². The number of nitrogens with zero attached hydrogens (tertiary/aromatic N) is 2. The molecule has 5 rings (SSSR count). The van der Waals surface area contributed by atoms with Crippen LogP contribution in [0.3, 0.4) is 0 Å². The molecule has 0 aromatic heterocycles. The van der Waals surface area contributed by atoms with Gasteiger partial charge in [0.05, 0.1) is 35.1 Å². The van der Waals surface area contributed by atoms with E-state index in [2.05, 4.69) is 5.32 Å². The molecular weight excluding hydrogens is 554 g/mol. The molecule has 3 aromatic rings. The Balaban J connectivity index is 1.62. The van der Waals surface area contributed by atoms with Crippen molar-refractivity contribution in [1.82, 2.24) is 5.32 Å². The number of ether oxygens (including phenoxy) is 1. The van der Waals surface area contributed by atoms with Crippen LogP contribution in [-0.2, 0) is 25.5 Å². The van der Waals surface area contributed by atoms with Gasteiger partial charge in [-0.15, -0.1) is 0 Å². The van der Waals surface area contributed by atoms with Gasteiger partial charge in [-0.25, -0.2) is 9.69 Å². The van der Waals surface area contributed by atoms with Crippen molar-refractivity contribution in [2.24, 2.45) is 11.8 Å². The van der Waals surface area contributed by atoms with Gasteiger partial charge in [-0.1, -0.05) is 41.9 Å². The highest BCUT2D eigenvalue weighted by molar-refractivity contribution is 6.32. The normalized spacial score (nSPS) is 23.4. The van der Waals surface area contributed by atoms with Crippen LogP contribution in [0.1, 0.15) is 33.1 Å². The Morgan fingerprint density at radius 3 is 2.29 bits per heavy atom. The van der Waals surface area contributed by atoms with E-state index in [1.165, 1.54) is 49.6 Å². The number of esters is 1. The first-order valence-corrected chi connectivity index (χ1v) is 12.9. The average Bonchev–Trinajstić information content (AvgIpc) is 3.44. The summed E-state index contributed by atoms with van der Waals surface area (Å²) in [6.07, 6.45) is -0.236. The van der Waals surface area contributed by atoms with Gasteiger partial charge in [0.2, 0.25) is 11.8 Å². The standard InChI is InChI=1S/C29H24ClN3O8/c1-15-3-10-20(13-21(15)30)32-25(34)22-23(26(32)35)29(28(37)38,14-16-4-11-19(12-5-16)33(39)40)31-24(22)17-6-8-18(9-7-17)27(36)41-2/h3-13,22-24,31H,14H2,1-2H3,(H,37,38). The number of nitro benzene ring substituents is 1. The van der Waals surface area contributed by atoms with Crippen LogP contribution in [0.4, 0.5) is 11.4 Å². The number of hydrogen-bond acceptors (Lipinski definition) is 8. The van der Waals surface area contributed by atoms with Crippen LogP contribution < -0.4 is 10.2 Å². The number of non-ortho nitro benzene ring substituents is 1. The number of rotatable bonds is 7. The number of benzene rings is 3. The third-order valence-electron chi connectivity index (χ3n) is 7.77. The van der Waals surface area contributed by atoms with Crippen LogP contribution in [-0.4, -0.2) is 46.4 Å². The summed E-state index contributed by atoms with van der Waals surface area (Å²) in [5.41, 5.74) is 0.00641. The number of aliphatic carboxylic acids is 1. The minimum absolute atomic E-state index is 0.173. The van der Waals surface area contributed by atoms with Crippen molar-refractivity contribution in [3.05, 3.63) is 104 Å². The van der Waals surface area contributed by atoms with E-state index in [0.29, 0.717) is 16.1 Å². The maximum atomic E-state index is 14.0. The van der Waals surface area contributed by atoms with Crippen molar-refractivity contribution in [2.45, 2.75) is 24.9 Å². The fourth-order valence-corrected chi connectivity index (χ4v) is 5.88. The number of anilines is 1. The number of hydrogen-bond donors (Lipinski definition) is 2. The van der Waals surface area contributed by atoms with Gasteiger partial charge in [0.25, 0.3) is 5.69 Å². The van der Waals surface area contributed by atoms with E-state index in [-0.39, 0.29) is 23.4 Å². The molecular formula is C29H24ClN3O8. The number of amides is 2. The molecule has 2 N–H and O–H groups in total. The largest absolute Gasteiger partial charge is 0.480 e. The van der Waals surface area contributed by atoms with Gasteiger partial charge in [0.15, 0.2) is 0 Å². The first kappa shape index (κ1) is 27.9. The Labute approximate surface area is 238 Å². The van der Waals surface area contributed by atoms with Gasteiger partial charge >= 0.3 is 11.9 Å². The number of aryl methyl sites for hydroxylation is 1. The molecule has 0 bridgehead atoms. The zero-order chi connectivity index (χ0) is 29.6. The van der Waals surface area contributed by atoms with Crippen molar-refractivity contribution in [3.8, 4) is 0 Å². The summed E-state index contributed by atoms with van der Waals surface area (Å²) in [5, 5.41) is 25.2. The fraction of sp³-hybridized carbons (Fsp3) is 0.241. The minimum Gasteiger partial charge on any atom is -0.480 e. The average molecular weight is 578 g/mol. The summed E-state index contributed by atoms with van der Waals surface area (Å²) in [4.78, 5) is 64.5. The molecule has 2 fully saturated rings. The summed E-state index contributed by atoms with van der Waals surface area (Å²) in [6.45, 7) is 1.77. The number of imide groups is 1. The second-order valence-corrected chi connectivity index (χ2v) is 10.5. The van der Waals surface area contributed by atoms with Crippen LogP contribution in [0.2, 0.25) is 5.02 Å². The van der Waals surface area contributed by atoms with Gasteiger partial charge in [-0.2, -0.15) is 0 Å². The monoisotopic (exact) mass is 577 g/mol. The molecule has 0 radical (unpaired) electrons. The van der Waals surface area contributed by atoms with Crippen molar-refractivity contribution in [3.63, 3.8) is 0 Å². The van der Waals surface area contributed by atoms with Crippen LogP contribution in [0, 0.1) is 28.9 Å². The SMILES string of the molecule is COC(=O)c1ccc(C2NC(Cc3ccc([N+](=O)[O-])cc3)(C(=O)O)C3C(=O)N(c4ccc(C)c(Cl)c4)C(=O)C23)cc1. The topological polar surface area (TPSA) is 156 Å². The van der Waals surface area contributed by atoms with Crippen molar-refractivity contribution in [1.29, 1.82) is 0 Å². The molecule has 0 spiro atoms. The van der Waals surface area contributed by atoms with Crippen molar-refractivity contribution >= 4 is 46.7 Å². The summed E-state index contributed by atoms with van der Waals surface area (Å²) in [6, 6.07) is 15.3. The molecule has 2 aliphatic heterocycles. The fourth-order valence-electron chi connectivity index (χ4n) is 5.70. The van der Waals surface area contributed by atoms with Crippen molar-refractivity contribution < 1.29 is 33.9 Å². The number of carbonyl (C=O) groups excluding carboxylic acids is 3. The van der Waals surface area contributed by atoms with Gasteiger partial charge in [-0.05, 0) is 47.9 Å². The van der Waals surface area contributed by atoms with E-state index in [0.717, 1.165) is 10.5 Å². The van der Waals surface area contributed by atoms with Gasteiger partial charge in [-0.3, -0.25) is 29.8 Å². The Morgan fingerprint density at radius 2 is 1.73 bits per heavy atom. The number of carbonyl (C=O) groups is 4. The molecule has 41 heavy (non-hydrogen) atoms. The number of fused-ring (bicyclic) bond motifs is 1. The molecule has 2 aliphatic rings. The molecule has 11 nitrogen and oxygen atoms in total. The van der Waals surface area contributed by atoms with Gasteiger partial charge < -0.3 is 9.84 Å². The molecule has 2 saturated heterocycles. The molecule has 0 saturated carbocycles. The number of carboxylic acid groups (broad SMARTS) is 1. The molecule has 210 valence electrons. The van der Waals surface area contributed by atoms with Crippen molar-refractivity contribution in [2.75, 3.05) is 12.0 Å². The van der Waals surface area contributed by atoms with E-state index in [9.17, 15) is 34.4 Å². The lowest BCUT2D eigenvalue weighted by Crippen LogP contribution is -2.57. The van der Waals surface area contributed by atoms with E-state index in [1.54, 1.807) is 31.2 Å². The van der Waals surface area contributed by atoms with Crippen LogP contribution in [0.15, 0.2) is 66.7 Å². The smallest absolute Gasteiger partial charge is 0.337 e. The molecule has 3 aromatic carbocycles. The zero-order valence-electron chi connectivity index (χ0n) is 21.9. The van der Waals surface area contributed by atoms with E-state index in [4.69, 9.17) is 16.3 Å². The van der Waals surface area contributed by atoms with E-state index < -0.39 is 52.1 Å². The Hall–Kier alpha value is -4.61. The van der Waals surface area contributed by atoms with E-state index >= 15 is 0 Å². The lowest BCUT2D eigenvalue weighted by molar-refractivity contribution is -0.384.